The van der Waals surface area contributed by atoms with Crippen LogP contribution in [0.2, 0.25) is 0 Å². The number of hydrogen-bond acceptors (Lipinski definition) is 4. The maximum Gasteiger partial charge on any atom is 0.161 e. The third-order valence-electron chi connectivity index (χ3n) is 2.41. The second-order valence-corrected chi connectivity index (χ2v) is 3.46. The molecule has 16 heavy (non-hydrogen) atoms. The molecule has 0 bridgehead atoms. The minimum atomic E-state index is 0.634. The van der Waals surface area contributed by atoms with E-state index in [0.717, 1.165) is 36.0 Å². The van der Waals surface area contributed by atoms with E-state index < -0.39 is 0 Å². The van der Waals surface area contributed by atoms with Gasteiger partial charge in [-0.3, -0.25) is 4.99 Å². The van der Waals surface area contributed by atoms with E-state index in [2.05, 4.69) is 10.3 Å². The Morgan fingerprint density at radius 1 is 1.38 bits per heavy atom. The van der Waals surface area contributed by atoms with Crippen molar-refractivity contribution >= 4 is 5.84 Å². The summed E-state index contributed by atoms with van der Waals surface area (Å²) in [7, 11) is 1.64. The van der Waals surface area contributed by atoms with Crippen molar-refractivity contribution in [2.45, 2.75) is 6.92 Å². The lowest BCUT2D eigenvalue weighted by molar-refractivity contribution is 0.311. The SMILES string of the molecule is CCOc1ccc(C2=NCCN2)cc1OC. The summed E-state index contributed by atoms with van der Waals surface area (Å²) in [5.41, 5.74) is 1.04. The number of nitrogens with zero attached hydrogens (tertiary/aromatic N) is 1. The molecule has 0 aliphatic carbocycles. The molecular weight excluding hydrogens is 204 g/mol. The quantitative estimate of drug-likeness (QED) is 0.835. The summed E-state index contributed by atoms with van der Waals surface area (Å²) in [6.07, 6.45) is 0. The Morgan fingerprint density at radius 3 is 2.88 bits per heavy atom. The van der Waals surface area contributed by atoms with Gasteiger partial charge in [-0.2, -0.15) is 0 Å². The fourth-order valence-electron chi connectivity index (χ4n) is 1.68. The van der Waals surface area contributed by atoms with E-state index in [9.17, 15) is 0 Å². The van der Waals surface area contributed by atoms with E-state index in [1.807, 2.05) is 25.1 Å². The highest BCUT2D eigenvalue weighted by atomic mass is 16.5. The van der Waals surface area contributed by atoms with Gasteiger partial charge in [-0.25, -0.2) is 0 Å². The third kappa shape index (κ3) is 2.10. The maximum atomic E-state index is 5.46. The molecule has 0 saturated carbocycles. The number of amidine groups is 1. The first-order valence-electron chi connectivity index (χ1n) is 5.44. The van der Waals surface area contributed by atoms with E-state index in [4.69, 9.17) is 9.47 Å². The van der Waals surface area contributed by atoms with E-state index in [-0.39, 0.29) is 0 Å². The van der Waals surface area contributed by atoms with Crippen LogP contribution in [0.1, 0.15) is 12.5 Å². The normalized spacial score (nSPS) is 14.2. The van der Waals surface area contributed by atoms with Gasteiger partial charge in [0, 0.05) is 12.1 Å². The number of hydrogen-bond donors (Lipinski definition) is 1. The fourth-order valence-corrected chi connectivity index (χ4v) is 1.68. The smallest absolute Gasteiger partial charge is 0.161 e. The first-order chi connectivity index (χ1) is 7.85. The van der Waals surface area contributed by atoms with Crippen molar-refractivity contribution in [1.29, 1.82) is 0 Å². The van der Waals surface area contributed by atoms with Crippen LogP contribution in [0.15, 0.2) is 23.2 Å². The van der Waals surface area contributed by atoms with Crippen molar-refractivity contribution < 1.29 is 9.47 Å². The first kappa shape index (κ1) is 10.8. The third-order valence-corrected chi connectivity index (χ3v) is 2.41. The Labute approximate surface area is 95.3 Å². The molecule has 1 heterocycles. The topological polar surface area (TPSA) is 42.8 Å². The van der Waals surface area contributed by atoms with Crippen molar-refractivity contribution in [2.24, 2.45) is 4.99 Å². The van der Waals surface area contributed by atoms with Crippen LogP contribution in [0.3, 0.4) is 0 Å². The van der Waals surface area contributed by atoms with Crippen LogP contribution in [0.5, 0.6) is 11.5 Å². The van der Waals surface area contributed by atoms with Crippen LogP contribution < -0.4 is 14.8 Å². The summed E-state index contributed by atoms with van der Waals surface area (Å²) in [4.78, 5) is 4.37. The molecular formula is C12H16N2O2. The molecule has 0 fully saturated rings. The minimum absolute atomic E-state index is 0.634. The second kappa shape index (κ2) is 4.88. The molecule has 0 aromatic heterocycles. The van der Waals surface area contributed by atoms with E-state index in [1.54, 1.807) is 7.11 Å². The number of nitrogens with one attached hydrogen (secondary N) is 1. The molecule has 1 aromatic carbocycles. The maximum absolute atomic E-state index is 5.46. The average Bonchev–Trinajstić information content (AvgIpc) is 2.83. The number of methoxy groups -OCH3 is 1. The van der Waals surface area contributed by atoms with Crippen molar-refractivity contribution in [3.8, 4) is 11.5 Å². The van der Waals surface area contributed by atoms with Gasteiger partial charge in [-0.15, -0.1) is 0 Å². The molecule has 0 atom stereocenters. The summed E-state index contributed by atoms with van der Waals surface area (Å²) < 4.78 is 10.8. The summed E-state index contributed by atoms with van der Waals surface area (Å²) in [6, 6.07) is 5.85. The Morgan fingerprint density at radius 2 is 2.25 bits per heavy atom. The van der Waals surface area contributed by atoms with Crippen LogP contribution in [-0.2, 0) is 0 Å². The lowest BCUT2D eigenvalue weighted by Gasteiger charge is -2.11. The Bertz CT molecular complexity index is 402. The van der Waals surface area contributed by atoms with Gasteiger partial charge in [-0.1, -0.05) is 0 Å². The van der Waals surface area contributed by atoms with E-state index in [0.29, 0.717) is 6.61 Å². The second-order valence-electron chi connectivity index (χ2n) is 3.46. The van der Waals surface area contributed by atoms with Crippen molar-refractivity contribution in [3.63, 3.8) is 0 Å². The summed E-state index contributed by atoms with van der Waals surface area (Å²) in [6.45, 7) is 4.33. The molecule has 0 saturated heterocycles. The van der Waals surface area contributed by atoms with Crippen molar-refractivity contribution in [3.05, 3.63) is 23.8 Å². The molecule has 1 aliphatic rings. The zero-order valence-corrected chi connectivity index (χ0v) is 9.62. The molecule has 4 nitrogen and oxygen atoms in total. The molecule has 0 radical (unpaired) electrons. The van der Waals surface area contributed by atoms with Gasteiger partial charge in [0.15, 0.2) is 11.5 Å². The number of benzene rings is 1. The number of ether oxygens (including phenoxy) is 2. The average molecular weight is 220 g/mol. The molecule has 0 unspecified atom stereocenters. The Hall–Kier alpha value is -1.71. The highest BCUT2D eigenvalue weighted by Crippen LogP contribution is 2.28. The van der Waals surface area contributed by atoms with Gasteiger partial charge in [-0.05, 0) is 25.1 Å². The molecule has 0 spiro atoms. The van der Waals surface area contributed by atoms with E-state index in [1.165, 1.54) is 0 Å². The molecule has 1 aromatic rings. The van der Waals surface area contributed by atoms with Crippen molar-refractivity contribution in [1.82, 2.24) is 5.32 Å². The standard InChI is InChI=1S/C12H16N2O2/c1-3-16-10-5-4-9(8-11(10)15-2)12-13-6-7-14-12/h4-5,8H,3,6-7H2,1-2H3,(H,13,14). The van der Waals surface area contributed by atoms with Gasteiger partial charge < -0.3 is 14.8 Å². The lowest BCUT2D eigenvalue weighted by atomic mass is 10.2. The summed E-state index contributed by atoms with van der Waals surface area (Å²) in [5.74, 6) is 2.45. The predicted octanol–water partition coefficient (Wildman–Crippen LogP) is 1.44. The molecule has 1 aliphatic heterocycles. The fraction of sp³-hybridized carbons (Fsp3) is 0.417. The van der Waals surface area contributed by atoms with Crippen LogP contribution >= 0.6 is 0 Å². The molecule has 2 rings (SSSR count). The van der Waals surface area contributed by atoms with Gasteiger partial charge in [0.25, 0.3) is 0 Å². The van der Waals surface area contributed by atoms with Gasteiger partial charge >= 0.3 is 0 Å². The Kier molecular flexibility index (Phi) is 3.29. The van der Waals surface area contributed by atoms with Gasteiger partial charge in [0.05, 0.1) is 20.3 Å². The minimum Gasteiger partial charge on any atom is -0.493 e. The monoisotopic (exact) mass is 220 g/mol. The number of aliphatic imine (C=N–C) groups is 1. The van der Waals surface area contributed by atoms with Crippen LogP contribution in [0, 0.1) is 0 Å². The zero-order valence-electron chi connectivity index (χ0n) is 9.62. The number of rotatable bonds is 4. The summed E-state index contributed by atoms with van der Waals surface area (Å²) >= 11 is 0. The van der Waals surface area contributed by atoms with Crippen LogP contribution in [0.4, 0.5) is 0 Å². The van der Waals surface area contributed by atoms with Gasteiger partial charge in [0.2, 0.25) is 0 Å². The van der Waals surface area contributed by atoms with Gasteiger partial charge in [0.1, 0.15) is 5.84 Å². The zero-order chi connectivity index (χ0) is 11.4. The summed E-state index contributed by atoms with van der Waals surface area (Å²) in [5, 5.41) is 3.23. The molecule has 86 valence electrons. The van der Waals surface area contributed by atoms with Crippen LogP contribution in [0.25, 0.3) is 0 Å². The lowest BCUT2D eigenvalue weighted by Crippen LogP contribution is -2.19. The molecule has 1 N–H and O–H groups in total. The van der Waals surface area contributed by atoms with E-state index >= 15 is 0 Å². The first-order valence-corrected chi connectivity index (χ1v) is 5.44. The highest BCUT2D eigenvalue weighted by molar-refractivity contribution is 6.00. The molecule has 4 heteroatoms. The predicted molar refractivity (Wildman–Crippen MR) is 63.6 cm³/mol. The Balaban J connectivity index is 2.28. The highest BCUT2D eigenvalue weighted by Gasteiger charge is 2.11. The van der Waals surface area contributed by atoms with Crippen molar-refractivity contribution in [2.75, 3.05) is 26.8 Å². The van der Waals surface area contributed by atoms with Crippen LogP contribution in [-0.4, -0.2) is 32.6 Å². The molecule has 0 amide bonds. The largest absolute Gasteiger partial charge is 0.493 e.